The van der Waals surface area contributed by atoms with Crippen LogP contribution in [0.4, 0.5) is 18.9 Å². The van der Waals surface area contributed by atoms with Crippen molar-refractivity contribution in [3.63, 3.8) is 0 Å². The Balaban J connectivity index is 2.09. The fourth-order valence-electron chi connectivity index (χ4n) is 1.92. The summed E-state index contributed by atoms with van der Waals surface area (Å²) in [5.41, 5.74) is 0.0378. The minimum atomic E-state index is -3.08. The molecule has 0 radical (unpaired) electrons. The largest absolute Gasteiger partial charge is 0.432 e. The van der Waals surface area contributed by atoms with Crippen molar-refractivity contribution in [2.75, 3.05) is 18.4 Å². The zero-order valence-corrected chi connectivity index (χ0v) is 10.8. The molecule has 0 spiro atoms. The van der Waals surface area contributed by atoms with Crippen molar-refractivity contribution in [2.45, 2.75) is 13.5 Å². The van der Waals surface area contributed by atoms with Crippen LogP contribution in [0.25, 0.3) is 0 Å². The lowest BCUT2D eigenvalue weighted by Crippen LogP contribution is -2.48. The first kappa shape index (κ1) is 14.6. The Kier molecular flexibility index (Phi) is 4.49. The van der Waals surface area contributed by atoms with Crippen molar-refractivity contribution in [2.24, 2.45) is 11.8 Å². The maximum Gasteiger partial charge on any atom is 0.387 e. The SMILES string of the molecule is CC(C(=O)Nc1ccc(F)cc1OC(F)F)C1CNC1. The molecule has 1 atom stereocenters. The fraction of sp³-hybridized carbons (Fsp3) is 0.462. The topological polar surface area (TPSA) is 50.4 Å². The van der Waals surface area contributed by atoms with Crippen LogP contribution in [0.15, 0.2) is 18.2 Å². The molecule has 0 bridgehead atoms. The molecule has 2 rings (SSSR count). The summed E-state index contributed by atoms with van der Waals surface area (Å²) in [5, 5.41) is 5.55. The molecule has 0 saturated carbocycles. The van der Waals surface area contributed by atoms with Crippen LogP contribution >= 0.6 is 0 Å². The summed E-state index contributed by atoms with van der Waals surface area (Å²) in [5.74, 6) is -1.44. The molecule has 0 aliphatic carbocycles. The summed E-state index contributed by atoms with van der Waals surface area (Å²) in [4.78, 5) is 12.0. The Labute approximate surface area is 114 Å². The van der Waals surface area contributed by atoms with Crippen molar-refractivity contribution in [1.82, 2.24) is 5.32 Å². The summed E-state index contributed by atoms with van der Waals surface area (Å²) in [6.45, 7) is 0.176. The third-order valence-corrected chi connectivity index (χ3v) is 3.35. The number of ether oxygens (including phenoxy) is 1. The second-order valence-electron chi connectivity index (χ2n) is 4.72. The molecule has 2 N–H and O–H groups in total. The highest BCUT2D eigenvalue weighted by Crippen LogP contribution is 2.28. The quantitative estimate of drug-likeness (QED) is 0.873. The molecule has 1 aliphatic heterocycles. The van der Waals surface area contributed by atoms with Gasteiger partial charge >= 0.3 is 6.61 Å². The number of hydrogen-bond donors (Lipinski definition) is 2. The highest BCUT2D eigenvalue weighted by molar-refractivity contribution is 5.94. The fourth-order valence-corrected chi connectivity index (χ4v) is 1.92. The standard InChI is InChI=1S/C13H15F3N2O2/c1-7(8-5-17-6-8)12(19)18-10-3-2-9(14)4-11(10)20-13(15)16/h2-4,7-8,13,17H,5-6H2,1H3,(H,18,19). The molecular formula is C13H15F3N2O2. The van der Waals surface area contributed by atoms with Crippen LogP contribution in [0.2, 0.25) is 0 Å². The van der Waals surface area contributed by atoms with E-state index < -0.39 is 12.4 Å². The van der Waals surface area contributed by atoms with Gasteiger partial charge in [-0.1, -0.05) is 6.92 Å². The third kappa shape index (κ3) is 3.41. The molecule has 1 saturated heterocycles. The molecule has 4 nitrogen and oxygen atoms in total. The highest BCUT2D eigenvalue weighted by atomic mass is 19.3. The molecule has 7 heteroatoms. The average Bonchev–Trinajstić information content (AvgIpc) is 2.29. The van der Waals surface area contributed by atoms with Crippen LogP contribution in [0.1, 0.15) is 6.92 Å². The predicted molar refractivity (Wildman–Crippen MR) is 67.2 cm³/mol. The van der Waals surface area contributed by atoms with Gasteiger partial charge in [-0.3, -0.25) is 4.79 Å². The second kappa shape index (κ2) is 6.13. The van der Waals surface area contributed by atoms with E-state index in [1.165, 1.54) is 6.07 Å². The molecule has 20 heavy (non-hydrogen) atoms. The lowest BCUT2D eigenvalue weighted by molar-refractivity contribution is -0.121. The first-order valence-corrected chi connectivity index (χ1v) is 6.23. The van der Waals surface area contributed by atoms with Gasteiger partial charge in [0.15, 0.2) is 5.75 Å². The van der Waals surface area contributed by atoms with Crippen molar-refractivity contribution in [3.8, 4) is 5.75 Å². The maximum absolute atomic E-state index is 13.0. The number of hydrogen-bond acceptors (Lipinski definition) is 3. The van der Waals surface area contributed by atoms with Gasteiger partial charge in [0.05, 0.1) is 5.69 Å². The summed E-state index contributed by atoms with van der Waals surface area (Å²) in [7, 11) is 0. The molecule has 1 aliphatic rings. The van der Waals surface area contributed by atoms with E-state index in [9.17, 15) is 18.0 Å². The van der Waals surface area contributed by atoms with Gasteiger partial charge in [-0.25, -0.2) is 4.39 Å². The number of rotatable bonds is 5. The lowest BCUT2D eigenvalue weighted by atomic mass is 9.88. The van der Waals surface area contributed by atoms with Crippen LogP contribution in [0, 0.1) is 17.7 Å². The van der Waals surface area contributed by atoms with Gasteiger partial charge in [0, 0.05) is 12.0 Å². The van der Waals surface area contributed by atoms with Gasteiger partial charge in [0.2, 0.25) is 5.91 Å². The number of alkyl halides is 2. The number of amides is 1. The Morgan fingerprint density at radius 2 is 2.15 bits per heavy atom. The summed E-state index contributed by atoms with van der Waals surface area (Å²) < 4.78 is 41.8. The third-order valence-electron chi connectivity index (χ3n) is 3.35. The van der Waals surface area contributed by atoms with E-state index in [1.54, 1.807) is 6.92 Å². The van der Waals surface area contributed by atoms with E-state index in [0.717, 1.165) is 25.2 Å². The minimum absolute atomic E-state index is 0.0378. The molecular weight excluding hydrogens is 273 g/mol. The van der Waals surface area contributed by atoms with E-state index in [0.29, 0.717) is 0 Å². The van der Waals surface area contributed by atoms with Gasteiger partial charge in [-0.2, -0.15) is 8.78 Å². The molecule has 110 valence electrons. The Hall–Kier alpha value is -1.76. The molecule has 1 aromatic rings. The predicted octanol–water partition coefficient (Wildman–Crippen LogP) is 2.22. The number of benzene rings is 1. The average molecular weight is 288 g/mol. The van der Waals surface area contributed by atoms with E-state index in [1.807, 2.05) is 0 Å². The van der Waals surface area contributed by atoms with Crippen LogP contribution in [0.3, 0.4) is 0 Å². The van der Waals surface area contributed by atoms with Crippen LogP contribution in [-0.4, -0.2) is 25.6 Å². The van der Waals surface area contributed by atoms with E-state index in [2.05, 4.69) is 15.4 Å². The smallest absolute Gasteiger partial charge is 0.387 e. The van der Waals surface area contributed by atoms with E-state index in [4.69, 9.17) is 0 Å². The summed E-state index contributed by atoms with van der Waals surface area (Å²) in [6, 6.07) is 3.09. The summed E-state index contributed by atoms with van der Waals surface area (Å²) >= 11 is 0. The van der Waals surface area contributed by atoms with Crippen LogP contribution in [0.5, 0.6) is 5.75 Å². The Bertz CT molecular complexity index is 493. The molecule has 0 aromatic heterocycles. The Morgan fingerprint density at radius 3 is 2.70 bits per heavy atom. The van der Waals surface area contributed by atoms with Crippen molar-refractivity contribution in [3.05, 3.63) is 24.0 Å². The van der Waals surface area contributed by atoms with Gasteiger partial charge < -0.3 is 15.4 Å². The van der Waals surface area contributed by atoms with Crippen molar-refractivity contribution in [1.29, 1.82) is 0 Å². The van der Waals surface area contributed by atoms with Crippen molar-refractivity contribution >= 4 is 11.6 Å². The molecule has 1 heterocycles. The second-order valence-corrected chi connectivity index (χ2v) is 4.72. The van der Waals surface area contributed by atoms with Crippen LogP contribution < -0.4 is 15.4 Å². The summed E-state index contributed by atoms with van der Waals surface area (Å²) in [6.07, 6.45) is 0. The Morgan fingerprint density at radius 1 is 1.45 bits per heavy atom. The zero-order valence-electron chi connectivity index (χ0n) is 10.8. The maximum atomic E-state index is 13.0. The van der Waals surface area contributed by atoms with E-state index >= 15 is 0 Å². The monoisotopic (exact) mass is 288 g/mol. The van der Waals surface area contributed by atoms with Gasteiger partial charge in [-0.05, 0) is 31.1 Å². The molecule has 1 aromatic carbocycles. The molecule has 1 amide bonds. The number of anilines is 1. The first-order chi connectivity index (χ1) is 9.47. The zero-order chi connectivity index (χ0) is 14.7. The van der Waals surface area contributed by atoms with E-state index in [-0.39, 0.29) is 29.2 Å². The molecule has 1 fully saturated rings. The van der Waals surface area contributed by atoms with Crippen molar-refractivity contribution < 1.29 is 22.7 Å². The highest BCUT2D eigenvalue weighted by Gasteiger charge is 2.29. The van der Waals surface area contributed by atoms with Gasteiger partial charge in [-0.15, -0.1) is 0 Å². The number of carbonyl (C=O) groups excluding carboxylic acids is 1. The van der Waals surface area contributed by atoms with Gasteiger partial charge in [0.1, 0.15) is 5.82 Å². The number of halogens is 3. The lowest BCUT2D eigenvalue weighted by Gasteiger charge is -2.31. The minimum Gasteiger partial charge on any atom is -0.432 e. The number of nitrogens with one attached hydrogen (secondary N) is 2. The first-order valence-electron chi connectivity index (χ1n) is 6.23. The van der Waals surface area contributed by atoms with Gasteiger partial charge in [0.25, 0.3) is 0 Å². The van der Waals surface area contributed by atoms with Crippen LogP contribution in [-0.2, 0) is 4.79 Å². The number of carbonyl (C=O) groups is 1. The normalized spacial score (nSPS) is 16.6. The molecule has 1 unspecified atom stereocenters.